The van der Waals surface area contributed by atoms with Crippen molar-refractivity contribution in [3.8, 4) is 0 Å². The molecule has 0 radical (unpaired) electrons. The molecule has 1 N–H and O–H groups in total. The summed E-state index contributed by atoms with van der Waals surface area (Å²) in [6.07, 6.45) is 1.07. The molecule has 0 aromatic carbocycles. The maximum Gasteiger partial charge on any atom is 0.188 e. The number of hydrogen-bond acceptors (Lipinski definition) is 5. The van der Waals surface area contributed by atoms with E-state index in [2.05, 4.69) is 15.3 Å². The second kappa shape index (κ2) is 9.30. The predicted molar refractivity (Wildman–Crippen MR) is 76.2 cm³/mol. The second-order valence-electron chi connectivity index (χ2n) is 4.08. The number of nitrogens with zero attached hydrogens (tertiary/aromatic N) is 2. The quantitative estimate of drug-likeness (QED) is 0.423. The van der Waals surface area contributed by atoms with Gasteiger partial charge in [-0.05, 0) is 39.8 Å². The number of ether oxygens (including phenoxy) is 1. The number of rotatable bonds is 9. The van der Waals surface area contributed by atoms with Gasteiger partial charge in [-0.25, -0.2) is 9.97 Å². The minimum Gasteiger partial charge on any atom is -0.382 e. The Hall–Kier alpha value is -0.650. The molecule has 0 aliphatic heterocycles. The first-order valence-corrected chi connectivity index (χ1v) is 7.44. The van der Waals surface area contributed by atoms with Crippen molar-refractivity contribution in [1.29, 1.82) is 0 Å². The molecule has 0 atom stereocenters. The molecule has 0 unspecified atom stereocenters. The third-order valence-electron chi connectivity index (χ3n) is 2.32. The highest BCUT2D eigenvalue weighted by Crippen LogP contribution is 2.12. The van der Waals surface area contributed by atoms with Crippen LogP contribution in [0.3, 0.4) is 0 Å². The summed E-state index contributed by atoms with van der Waals surface area (Å²) in [6.45, 7) is 9.67. The minimum absolute atomic E-state index is 0.805. The van der Waals surface area contributed by atoms with E-state index in [1.54, 1.807) is 11.8 Å². The van der Waals surface area contributed by atoms with E-state index in [1.807, 2.05) is 26.8 Å². The van der Waals surface area contributed by atoms with Crippen molar-refractivity contribution in [3.05, 3.63) is 17.5 Å². The van der Waals surface area contributed by atoms with E-state index in [1.165, 1.54) is 0 Å². The molecule has 0 aliphatic rings. The van der Waals surface area contributed by atoms with Crippen molar-refractivity contribution in [1.82, 2.24) is 15.3 Å². The van der Waals surface area contributed by atoms with Gasteiger partial charge in [-0.2, -0.15) is 0 Å². The average molecular weight is 269 g/mol. The van der Waals surface area contributed by atoms with E-state index in [-0.39, 0.29) is 0 Å². The van der Waals surface area contributed by atoms with Crippen LogP contribution in [0.2, 0.25) is 0 Å². The highest BCUT2D eigenvalue weighted by molar-refractivity contribution is 7.99. The van der Waals surface area contributed by atoms with Crippen molar-refractivity contribution in [2.75, 3.05) is 32.1 Å². The first kappa shape index (κ1) is 15.4. The third kappa shape index (κ3) is 6.93. The van der Waals surface area contributed by atoms with Gasteiger partial charge in [0.05, 0.1) is 0 Å². The van der Waals surface area contributed by atoms with Gasteiger partial charge in [0.25, 0.3) is 0 Å². The Balaban J connectivity index is 2.07. The van der Waals surface area contributed by atoms with E-state index in [0.717, 1.165) is 55.0 Å². The number of thioether (sulfide) groups is 1. The van der Waals surface area contributed by atoms with Crippen LogP contribution in [0.25, 0.3) is 0 Å². The summed E-state index contributed by atoms with van der Waals surface area (Å²) in [5.74, 6) is 0.998. The molecular formula is C13H23N3OS. The molecule has 18 heavy (non-hydrogen) atoms. The predicted octanol–water partition coefficient (Wildman–Crippen LogP) is 2.20. The van der Waals surface area contributed by atoms with Gasteiger partial charge in [-0.15, -0.1) is 0 Å². The molecule has 1 heterocycles. The highest BCUT2D eigenvalue weighted by Gasteiger charge is 1.99. The summed E-state index contributed by atoms with van der Waals surface area (Å²) in [4.78, 5) is 8.79. The molecule has 102 valence electrons. The van der Waals surface area contributed by atoms with Crippen LogP contribution in [0, 0.1) is 13.8 Å². The van der Waals surface area contributed by atoms with Crippen LogP contribution >= 0.6 is 11.8 Å². The highest BCUT2D eigenvalue weighted by atomic mass is 32.2. The van der Waals surface area contributed by atoms with Crippen molar-refractivity contribution in [2.45, 2.75) is 32.3 Å². The standard InChI is InChI=1S/C13H23N3OS/c1-4-17-8-5-6-14-7-9-18-13-15-11(2)10-12(3)16-13/h10,14H,4-9H2,1-3H3. The lowest BCUT2D eigenvalue weighted by molar-refractivity contribution is 0.145. The fourth-order valence-corrected chi connectivity index (χ4v) is 2.39. The van der Waals surface area contributed by atoms with Gasteiger partial charge >= 0.3 is 0 Å². The van der Waals surface area contributed by atoms with Gasteiger partial charge in [-0.3, -0.25) is 0 Å². The minimum atomic E-state index is 0.805. The van der Waals surface area contributed by atoms with Crippen LogP contribution in [0.1, 0.15) is 24.7 Å². The molecule has 4 nitrogen and oxygen atoms in total. The van der Waals surface area contributed by atoms with Crippen LogP contribution in [0.5, 0.6) is 0 Å². The Morgan fingerprint density at radius 2 is 1.94 bits per heavy atom. The monoisotopic (exact) mass is 269 g/mol. The SMILES string of the molecule is CCOCCCNCCSc1nc(C)cc(C)n1. The van der Waals surface area contributed by atoms with Crippen LogP contribution in [-0.2, 0) is 4.74 Å². The summed E-state index contributed by atoms with van der Waals surface area (Å²) in [5.41, 5.74) is 2.07. The van der Waals surface area contributed by atoms with Crippen molar-refractivity contribution in [3.63, 3.8) is 0 Å². The fourth-order valence-electron chi connectivity index (χ4n) is 1.54. The summed E-state index contributed by atoms with van der Waals surface area (Å²) < 4.78 is 5.27. The molecule has 1 rings (SSSR count). The molecule has 0 bridgehead atoms. The number of aromatic nitrogens is 2. The lowest BCUT2D eigenvalue weighted by atomic mass is 10.4. The molecule has 0 saturated carbocycles. The molecule has 1 aromatic heterocycles. The van der Waals surface area contributed by atoms with Crippen molar-refractivity contribution in [2.24, 2.45) is 0 Å². The van der Waals surface area contributed by atoms with Crippen molar-refractivity contribution >= 4 is 11.8 Å². The molecule has 5 heteroatoms. The number of aryl methyl sites for hydroxylation is 2. The first-order chi connectivity index (χ1) is 8.72. The van der Waals surface area contributed by atoms with Crippen molar-refractivity contribution < 1.29 is 4.74 Å². The zero-order valence-corrected chi connectivity index (χ0v) is 12.3. The Morgan fingerprint density at radius 1 is 1.22 bits per heavy atom. The van der Waals surface area contributed by atoms with Crippen LogP contribution in [0.15, 0.2) is 11.2 Å². The Bertz CT molecular complexity index is 327. The van der Waals surface area contributed by atoms with Gasteiger partial charge in [0.2, 0.25) is 0 Å². The lowest BCUT2D eigenvalue weighted by Crippen LogP contribution is -2.19. The second-order valence-corrected chi connectivity index (χ2v) is 5.14. The van der Waals surface area contributed by atoms with Gasteiger partial charge in [0, 0.05) is 36.9 Å². The summed E-state index contributed by atoms with van der Waals surface area (Å²) in [6, 6.07) is 2.00. The molecule has 0 amide bonds. The van der Waals surface area contributed by atoms with Gasteiger partial charge in [0.15, 0.2) is 5.16 Å². The molecule has 0 saturated heterocycles. The third-order valence-corrected chi connectivity index (χ3v) is 3.17. The molecule has 0 fully saturated rings. The van der Waals surface area contributed by atoms with Crippen LogP contribution < -0.4 is 5.32 Å². The number of hydrogen-bond donors (Lipinski definition) is 1. The van der Waals surface area contributed by atoms with Crippen LogP contribution in [-0.4, -0.2) is 42.0 Å². The maximum atomic E-state index is 5.27. The zero-order chi connectivity index (χ0) is 13.2. The maximum absolute atomic E-state index is 5.27. The topological polar surface area (TPSA) is 47.0 Å². The lowest BCUT2D eigenvalue weighted by Gasteiger charge is -2.05. The molecular weight excluding hydrogens is 246 g/mol. The van der Waals surface area contributed by atoms with E-state index in [4.69, 9.17) is 4.74 Å². The summed E-state index contributed by atoms with van der Waals surface area (Å²) in [7, 11) is 0. The first-order valence-electron chi connectivity index (χ1n) is 6.46. The largest absolute Gasteiger partial charge is 0.382 e. The van der Waals surface area contributed by atoms with Gasteiger partial charge in [-0.1, -0.05) is 11.8 Å². The summed E-state index contributed by atoms with van der Waals surface area (Å²) >= 11 is 1.70. The van der Waals surface area contributed by atoms with E-state index in [9.17, 15) is 0 Å². The normalized spacial score (nSPS) is 10.8. The Labute approximate surface area is 114 Å². The van der Waals surface area contributed by atoms with E-state index >= 15 is 0 Å². The van der Waals surface area contributed by atoms with Gasteiger partial charge < -0.3 is 10.1 Å². The number of nitrogens with one attached hydrogen (secondary N) is 1. The molecule has 0 aliphatic carbocycles. The Morgan fingerprint density at radius 3 is 2.61 bits per heavy atom. The average Bonchev–Trinajstić information content (AvgIpc) is 2.31. The van der Waals surface area contributed by atoms with Gasteiger partial charge in [0.1, 0.15) is 0 Å². The van der Waals surface area contributed by atoms with E-state index in [0.29, 0.717) is 0 Å². The molecule has 1 aromatic rings. The van der Waals surface area contributed by atoms with Crippen LogP contribution in [0.4, 0.5) is 0 Å². The fraction of sp³-hybridized carbons (Fsp3) is 0.692. The summed E-state index contributed by atoms with van der Waals surface area (Å²) in [5, 5.41) is 4.27. The smallest absolute Gasteiger partial charge is 0.188 e. The molecule has 0 spiro atoms. The Kier molecular flexibility index (Phi) is 7.96. The van der Waals surface area contributed by atoms with E-state index < -0.39 is 0 Å². The zero-order valence-electron chi connectivity index (χ0n) is 11.5.